The SMILES string of the molecule is COC(=O)c1cncc(Cl)c1.N#CCc1cncc(Cl)c1.O=C(O)c1cncc(Cl)c1.OCc1cncc(Cl)c1. The molecule has 14 heteroatoms. The lowest BCUT2D eigenvalue weighted by atomic mass is 10.2. The maximum atomic E-state index is 10.8. The molecule has 0 aliphatic heterocycles. The third-order valence-corrected chi connectivity index (χ3v) is 4.89. The van der Waals surface area contributed by atoms with Crippen molar-refractivity contribution < 1.29 is 24.5 Å². The van der Waals surface area contributed by atoms with E-state index in [1.54, 1.807) is 30.7 Å². The summed E-state index contributed by atoms with van der Waals surface area (Å²) in [5.41, 5.74) is 2.06. The fourth-order valence-electron chi connectivity index (χ4n) is 2.36. The lowest BCUT2D eigenvalue weighted by molar-refractivity contribution is 0.0599. The van der Waals surface area contributed by atoms with Crippen LogP contribution in [0, 0.1) is 11.3 Å². The van der Waals surface area contributed by atoms with Crippen LogP contribution in [-0.2, 0) is 17.8 Å². The number of esters is 1. The molecule has 0 aromatic carbocycles. The molecular formula is C26H21Cl4N5O5. The zero-order valence-corrected chi connectivity index (χ0v) is 23.7. The molecule has 0 bridgehead atoms. The summed E-state index contributed by atoms with van der Waals surface area (Å²) in [5, 5.41) is 27.2. The fourth-order valence-corrected chi connectivity index (χ4v) is 3.10. The number of nitriles is 1. The van der Waals surface area contributed by atoms with Crippen molar-refractivity contribution in [1.82, 2.24) is 19.9 Å². The van der Waals surface area contributed by atoms with Crippen LogP contribution in [0.5, 0.6) is 0 Å². The molecule has 0 fully saturated rings. The van der Waals surface area contributed by atoms with Gasteiger partial charge in [0, 0.05) is 49.6 Å². The van der Waals surface area contributed by atoms with Crippen molar-refractivity contribution >= 4 is 58.3 Å². The summed E-state index contributed by atoms with van der Waals surface area (Å²) < 4.78 is 4.45. The summed E-state index contributed by atoms with van der Waals surface area (Å²) in [7, 11) is 1.31. The van der Waals surface area contributed by atoms with Gasteiger partial charge in [-0.05, 0) is 35.4 Å². The van der Waals surface area contributed by atoms with E-state index in [4.69, 9.17) is 61.9 Å². The van der Waals surface area contributed by atoms with Crippen LogP contribution in [0.15, 0.2) is 73.8 Å². The van der Waals surface area contributed by atoms with E-state index in [2.05, 4.69) is 24.7 Å². The lowest BCUT2D eigenvalue weighted by Crippen LogP contribution is -2.00. The van der Waals surface area contributed by atoms with Crippen LogP contribution in [0.2, 0.25) is 20.1 Å². The number of hydrogen-bond acceptors (Lipinski definition) is 9. The summed E-state index contributed by atoms with van der Waals surface area (Å²) in [4.78, 5) is 36.0. The Morgan fingerprint density at radius 2 is 1.18 bits per heavy atom. The average molecular weight is 625 g/mol. The van der Waals surface area contributed by atoms with Gasteiger partial charge < -0.3 is 14.9 Å². The number of aliphatic hydroxyl groups excluding tert-OH is 1. The second kappa shape index (κ2) is 19.2. The molecule has 4 rings (SSSR count). The molecule has 40 heavy (non-hydrogen) atoms. The van der Waals surface area contributed by atoms with Gasteiger partial charge >= 0.3 is 11.9 Å². The topological polar surface area (TPSA) is 159 Å². The zero-order chi connectivity index (χ0) is 29.9. The standard InChI is InChI=1S/C7H5ClN2.C7H6ClNO2.C6H4ClNO2.C6H6ClNO/c8-7-3-6(1-2-9)4-10-5-7;1-11-7(10)5-2-6(8)4-9-3-5;7-5-1-4(6(9)10)2-8-3-5;7-6-1-5(4-9)2-8-3-6/h3-5H,1H2;2-4H,1H3;1-3H,(H,9,10);1-3,9H,4H2. The van der Waals surface area contributed by atoms with E-state index in [9.17, 15) is 9.59 Å². The number of carbonyl (C=O) groups excluding carboxylic acids is 1. The molecule has 0 radical (unpaired) electrons. The number of halogens is 4. The van der Waals surface area contributed by atoms with Gasteiger partial charge in [0.2, 0.25) is 0 Å². The number of pyridine rings is 4. The number of aromatic carboxylic acids is 1. The van der Waals surface area contributed by atoms with Crippen LogP contribution < -0.4 is 0 Å². The molecule has 4 heterocycles. The van der Waals surface area contributed by atoms with Crippen molar-refractivity contribution in [3.05, 3.63) is 116 Å². The summed E-state index contributed by atoms with van der Waals surface area (Å²) in [6.45, 7) is -0.00639. The molecule has 0 aliphatic carbocycles. The minimum absolute atomic E-state index is 0.00639. The minimum atomic E-state index is -1.02. The number of methoxy groups -OCH3 is 1. The number of ether oxygens (including phenoxy) is 1. The molecule has 0 spiro atoms. The maximum absolute atomic E-state index is 10.8. The first-order chi connectivity index (χ1) is 19.1. The molecule has 0 amide bonds. The third-order valence-electron chi connectivity index (χ3n) is 4.07. The monoisotopic (exact) mass is 623 g/mol. The first-order valence-corrected chi connectivity index (χ1v) is 12.3. The van der Waals surface area contributed by atoms with E-state index in [1.165, 1.54) is 50.2 Å². The summed E-state index contributed by atoms with van der Waals surface area (Å²) in [6.07, 6.45) is 12.1. The van der Waals surface area contributed by atoms with E-state index in [0.29, 0.717) is 32.1 Å². The van der Waals surface area contributed by atoms with Crippen LogP contribution in [0.1, 0.15) is 31.8 Å². The highest BCUT2D eigenvalue weighted by Crippen LogP contribution is 2.10. The van der Waals surface area contributed by atoms with Crippen molar-refractivity contribution in [2.75, 3.05) is 7.11 Å². The van der Waals surface area contributed by atoms with Crippen LogP contribution in [0.3, 0.4) is 0 Å². The van der Waals surface area contributed by atoms with Gasteiger partial charge in [-0.1, -0.05) is 46.4 Å². The van der Waals surface area contributed by atoms with E-state index in [-0.39, 0.29) is 12.2 Å². The van der Waals surface area contributed by atoms with Gasteiger partial charge in [0.1, 0.15) is 0 Å². The molecule has 4 aromatic heterocycles. The summed E-state index contributed by atoms with van der Waals surface area (Å²) >= 11 is 22.2. The smallest absolute Gasteiger partial charge is 0.339 e. The number of carboxylic acids is 1. The Balaban J connectivity index is 0.000000267. The summed E-state index contributed by atoms with van der Waals surface area (Å²) in [5.74, 6) is -1.45. The highest BCUT2D eigenvalue weighted by molar-refractivity contribution is 6.31. The number of rotatable bonds is 4. The molecule has 0 aliphatic rings. The van der Waals surface area contributed by atoms with E-state index in [0.717, 1.165) is 11.1 Å². The zero-order valence-electron chi connectivity index (χ0n) is 20.7. The van der Waals surface area contributed by atoms with Crippen LogP contribution >= 0.6 is 46.4 Å². The average Bonchev–Trinajstić information content (AvgIpc) is 2.94. The van der Waals surface area contributed by atoms with E-state index < -0.39 is 11.9 Å². The van der Waals surface area contributed by atoms with Gasteiger partial charge in [0.15, 0.2) is 0 Å². The van der Waals surface area contributed by atoms with E-state index >= 15 is 0 Å². The molecule has 10 nitrogen and oxygen atoms in total. The van der Waals surface area contributed by atoms with Crippen LogP contribution in [-0.4, -0.2) is 49.2 Å². The Morgan fingerprint density at radius 1 is 0.750 bits per heavy atom. The van der Waals surface area contributed by atoms with Crippen molar-refractivity contribution in [3.63, 3.8) is 0 Å². The fraction of sp³-hybridized carbons (Fsp3) is 0.115. The second-order valence-corrected chi connectivity index (χ2v) is 8.84. The predicted molar refractivity (Wildman–Crippen MR) is 151 cm³/mol. The minimum Gasteiger partial charge on any atom is -0.478 e. The number of carboxylic acid groups (broad SMARTS) is 1. The second-order valence-electron chi connectivity index (χ2n) is 7.10. The first kappa shape index (κ1) is 34.2. The molecule has 0 atom stereocenters. The molecule has 0 unspecified atom stereocenters. The third kappa shape index (κ3) is 14.3. The number of aliphatic hydroxyl groups is 1. The Labute approximate surface area is 249 Å². The summed E-state index contributed by atoms with van der Waals surface area (Å²) in [6, 6.07) is 8.27. The quantitative estimate of drug-likeness (QED) is 0.258. The van der Waals surface area contributed by atoms with Gasteiger partial charge in [-0.25, -0.2) is 9.59 Å². The molecule has 0 saturated carbocycles. The van der Waals surface area contributed by atoms with E-state index in [1.807, 2.05) is 6.07 Å². The number of hydrogen-bond donors (Lipinski definition) is 2. The lowest BCUT2D eigenvalue weighted by Gasteiger charge is -1.96. The Hall–Kier alpha value is -3.85. The van der Waals surface area contributed by atoms with Gasteiger partial charge in [-0.2, -0.15) is 5.26 Å². The van der Waals surface area contributed by atoms with Gasteiger partial charge in [0.25, 0.3) is 0 Å². The van der Waals surface area contributed by atoms with Crippen LogP contribution in [0.25, 0.3) is 0 Å². The largest absolute Gasteiger partial charge is 0.478 e. The molecule has 4 aromatic rings. The molecule has 2 N–H and O–H groups in total. The van der Waals surface area contributed by atoms with Gasteiger partial charge in [-0.15, -0.1) is 0 Å². The van der Waals surface area contributed by atoms with Crippen molar-refractivity contribution in [2.24, 2.45) is 0 Å². The first-order valence-electron chi connectivity index (χ1n) is 10.8. The molecule has 0 saturated heterocycles. The number of carbonyl (C=O) groups is 2. The van der Waals surface area contributed by atoms with Crippen LogP contribution in [0.4, 0.5) is 0 Å². The highest BCUT2D eigenvalue weighted by Gasteiger charge is 2.04. The Kier molecular flexibility index (Phi) is 16.4. The highest BCUT2D eigenvalue weighted by atomic mass is 35.5. The number of aromatic nitrogens is 4. The molecular weight excluding hydrogens is 604 g/mol. The predicted octanol–water partition coefficient (Wildman–Crippen LogP) is 5.98. The van der Waals surface area contributed by atoms with Gasteiger partial charge in [-0.3, -0.25) is 19.9 Å². The van der Waals surface area contributed by atoms with Crippen molar-refractivity contribution in [2.45, 2.75) is 13.0 Å². The van der Waals surface area contributed by atoms with Crippen molar-refractivity contribution in [3.8, 4) is 6.07 Å². The van der Waals surface area contributed by atoms with Crippen molar-refractivity contribution in [1.29, 1.82) is 5.26 Å². The normalized spacial score (nSPS) is 9.22. The van der Waals surface area contributed by atoms with Gasteiger partial charge in [0.05, 0.1) is 57.4 Å². The Morgan fingerprint density at radius 3 is 1.55 bits per heavy atom. The molecule has 208 valence electrons. The maximum Gasteiger partial charge on any atom is 0.339 e. The number of nitrogens with zero attached hydrogens (tertiary/aromatic N) is 5. The Bertz CT molecular complexity index is 1440.